The van der Waals surface area contributed by atoms with Crippen molar-refractivity contribution in [3.63, 3.8) is 0 Å². The first-order valence-electron chi connectivity index (χ1n) is 6.09. The molecule has 0 unspecified atom stereocenters. The van der Waals surface area contributed by atoms with Crippen LogP contribution in [0.25, 0.3) is 0 Å². The van der Waals surface area contributed by atoms with Crippen LogP contribution in [0.15, 0.2) is 42.5 Å². The number of halogens is 2. The molecule has 21 heavy (non-hydrogen) atoms. The highest BCUT2D eigenvalue weighted by atomic mass is 35.5. The van der Waals surface area contributed by atoms with Crippen molar-refractivity contribution in [3.05, 3.63) is 58.1 Å². The first-order chi connectivity index (χ1) is 9.94. The molecule has 0 radical (unpaired) electrons. The Balaban J connectivity index is 2.04. The monoisotopic (exact) mass is 322 g/mol. The molecular formula is C15H12Cl2N2O2. The Labute approximate surface area is 132 Å². The number of rotatable bonds is 2. The first-order valence-corrected chi connectivity index (χ1v) is 6.85. The second-order valence-electron chi connectivity index (χ2n) is 4.44. The number of anilines is 2. The average Bonchev–Trinajstić information content (AvgIpc) is 2.37. The molecule has 4 nitrogen and oxygen atoms in total. The minimum absolute atomic E-state index is 0.358. The molecule has 2 rings (SSSR count). The molecule has 0 aliphatic carbocycles. The fourth-order valence-electron chi connectivity index (χ4n) is 1.72. The van der Waals surface area contributed by atoms with Crippen LogP contribution in [-0.2, 0) is 9.59 Å². The van der Waals surface area contributed by atoms with Crippen molar-refractivity contribution in [1.82, 2.24) is 0 Å². The van der Waals surface area contributed by atoms with E-state index in [4.69, 9.17) is 23.2 Å². The molecule has 6 heteroatoms. The Kier molecular flexibility index (Phi) is 4.83. The fraction of sp³-hybridized carbons (Fsp3) is 0.0667. The van der Waals surface area contributed by atoms with Gasteiger partial charge in [0, 0.05) is 21.4 Å². The van der Waals surface area contributed by atoms with Gasteiger partial charge in [-0.1, -0.05) is 35.3 Å². The molecule has 108 valence electrons. The molecule has 0 saturated heterocycles. The summed E-state index contributed by atoms with van der Waals surface area (Å²) in [5, 5.41) is 5.70. The molecule has 0 heterocycles. The minimum Gasteiger partial charge on any atom is -0.318 e. The number of nitrogens with one attached hydrogen (secondary N) is 2. The number of hydrogen-bond acceptors (Lipinski definition) is 2. The molecule has 0 saturated carbocycles. The van der Waals surface area contributed by atoms with Gasteiger partial charge in [-0.15, -0.1) is 0 Å². The van der Waals surface area contributed by atoms with Gasteiger partial charge in [-0.3, -0.25) is 9.59 Å². The first kappa shape index (κ1) is 15.4. The van der Waals surface area contributed by atoms with Gasteiger partial charge in [0.25, 0.3) is 0 Å². The Morgan fingerprint density at radius 3 is 2.00 bits per heavy atom. The zero-order valence-electron chi connectivity index (χ0n) is 11.1. The summed E-state index contributed by atoms with van der Waals surface area (Å²) in [6.45, 7) is 1.89. The van der Waals surface area contributed by atoms with Crippen LogP contribution in [0, 0.1) is 6.92 Å². The van der Waals surface area contributed by atoms with Crippen LogP contribution >= 0.6 is 23.2 Å². The van der Waals surface area contributed by atoms with Crippen LogP contribution in [0.1, 0.15) is 5.56 Å². The molecule has 0 atom stereocenters. The van der Waals surface area contributed by atoms with Crippen molar-refractivity contribution in [2.45, 2.75) is 6.92 Å². The van der Waals surface area contributed by atoms with Gasteiger partial charge in [-0.25, -0.2) is 0 Å². The van der Waals surface area contributed by atoms with Gasteiger partial charge < -0.3 is 10.6 Å². The van der Waals surface area contributed by atoms with Gasteiger partial charge in [-0.2, -0.15) is 0 Å². The Hall–Kier alpha value is -2.04. The number of carbonyl (C=O) groups is 2. The van der Waals surface area contributed by atoms with Crippen LogP contribution in [0.5, 0.6) is 0 Å². The SMILES string of the molecule is Cc1cccc(NC(=O)C(=O)Nc2cc(Cl)cc(Cl)c2)c1. The topological polar surface area (TPSA) is 58.2 Å². The maximum atomic E-state index is 11.8. The highest BCUT2D eigenvalue weighted by molar-refractivity contribution is 6.44. The summed E-state index contributed by atoms with van der Waals surface area (Å²) in [5.74, 6) is -1.56. The van der Waals surface area contributed by atoms with Gasteiger partial charge in [-0.05, 0) is 42.8 Å². The van der Waals surface area contributed by atoms with E-state index in [0.29, 0.717) is 21.4 Å². The molecule has 2 N–H and O–H groups in total. The summed E-state index contributed by atoms with van der Waals surface area (Å²) >= 11 is 11.6. The highest BCUT2D eigenvalue weighted by Gasteiger charge is 2.14. The predicted molar refractivity (Wildman–Crippen MR) is 84.9 cm³/mol. The lowest BCUT2D eigenvalue weighted by Crippen LogP contribution is -2.29. The molecule has 2 aromatic carbocycles. The number of hydrogen-bond donors (Lipinski definition) is 2. The molecule has 0 aromatic heterocycles. The number of benzene rings is 2. The minimum atomic E-state index is -0.796. The summed E-state index contributed by atoms with van der Waals surface area (Å²) < 4.78 is 0. The van der Waals surface area contributed by atoms with Crippen molar-refractivity contribution in [1.29, 1.82) is 0 Å². The van der Waals surface area contributed by atoms with Crippen LogP contribution in [0.2, 0.25) is 10.0 Å². The standard InChI is InChI=1S/C15H12Cl2N2O2/c1-9-3-2-4-12(5-9)18-14(20)15(21)19-13-7-10(16)6-11(17)8-13/h2-8H,1H3,(H,18,20)(H,19,21). The van der Waals surface area contributed by atoms with E-state index in [0.717, 1.165) is 5.56 Å². The van der Waals surface area contributed by atoms with E-state index in [1.54, 1.807) is 18.2 Å². The summed E-state index contributed by atoms with van der Waals surface area (Å²) in [4.78, 5) is 23.6. The highest BCUT2D eigenvalue weighted by Crippen LogP contribution is 2.22. The zero-order valence-corrected chi connectivity index (χ0v) is 12.6. The maximum Gasteiger partial charge on any atom is 0.314 e. The van der Waals surface area contributed by atoms with Crippen molar-refractivity contribution >= 4 is 46.4 Å². The molecule has 2 aromatic rings. The normalized spacial score (nSPS) is 10.0. The van der Waals surface area contributed by atoms with Crippen LogP contribution in [-0.4, -0.2) is 11.8 Å². The number of carbonyl (C=O) groups excluding carboxylic acids is 2. The van der Waals surface area contributed by atoms with E-state index in [-0.39, 0.29) is 0 Å². The number of amides is 2. The third kappa shape index (κ3) is 4.48. The second-order valence-corrected chi connectivity index (χ2v) is 5.31. The van der Waals surface area contributed by atoms with Crippen molar-refractivity contribution in [2.24, 2.45) is 0 Å². The lowest BCUT2D eigenvalue weighted by atomic mass is 10.2. The van der Waals surface area contributed by atoms with Crippen LogP contribution in [0.4, 0.5) is 11.4 Å². The maximum absolute atomic E-state index is 11.8. The molecular weight excluding hydrogens is 311 g/mol. The van der Waals surface area contributed by atoms with Gasteiger partial charge >= 0.3 is 11.8 Å². The van der Waals surface area contributed by atoms with E-state index in [1.807, 2.05) is 13.0 Å². The number of aryl methyl sites for hydroxylation is 1. The van der Waals surface area contributed by atoms with E-state index < -0.39 is 11.8 Å². The van der Waals surface area contributed by atoms with Gasteiger partial charge in [0.05, 0.1) is 0 Å². The van der Waals surface area contributed by atoms with Gasteiger partial charge in [0.2, 0.25) is 0 Å². The molecule has 0 fully saturated rings. The predicted octanol–water partition coefficient (Wildman–Crippen LogP) is 3.88. The van der Waals surface area contributed by atoms with Gasteiger partial charge in [0.1, 0.15) is 0 Å². The third-order valence-corrected chi connectivity index (χ3v) is 3.04. The average molecular weight is 323 g/mol. The van der Waals surface area contributed by atoms with Crippen molar-refractivity contribution < 1.29 is 9.59 Å². The van der Waals surface area contributed by atoms with Crippen LogP contribution < -0.4 is 10.6 Å². The molecule has 0 aliphatic rings. The van der Waals surface area contributed by atoms with Crippen LogP contribution in [0.3, 0.4) is 0 Å². The quantitative estimate of drug-likeness (QED) is 0.824. The lowest BCUT2D eigenvalue weighted by Gasteiger charge is -2.08. The van der Waals surface area contributed by atoms with E-state index in [2.05, 4.69) is 10.6 Å². The summed E-state index contributed by atoms with van der Waals surface area (Å²) in [5.41, 5.74) is 1.89. The van der Waals surface area contributed by atoms with Gasteiger partial charge in [0.15, 0.2) is 0 Å². The Bertz CT molecular complexity index is 682. The molecule has 0 aliphatic heterocycles. The fourth-order valence-corrected chi connectivity index (χ4v) is 2.25. The van der Waals surface area contributed by atoms with Crippen molar-refractivity contribution in [3.8, 4) is 0 Å². The molecule has 0 bridgehead atoms. The van der Waals surface area contributed by atoms with E-state index in [1.165, 1.54) is 18.2 Å². The molecule has 2 amide bonds. The van der Waals surface area contributed by atoms with Crippen molar-refractivity contribution in [2.75, 3.05) is 10.6 Å². The largest absolute Gasteiger partial charge is 0.318 e. The smallest absolute Gasteiger partial charge is 0.314 e. The zero-order chi connectivity index (χ0) is 15.4. The summed E-state index contributed by atoms with van der Waals surface area (Å²) in [7, 11) is 0. The molecule has 0 spiro atoms. The Morgan fingerprint density at radius 1 is 0.857 bits per heavy atom. The lowest BCUT2D eigenvalue weighted by molar-refractivity contribution is -0.132. The Morgan fingerprint density at radius 2 is 1.43 bits per heavy atom. The second kappa shape index (κ2) is 6.61. The summed E-state index contributed by atoms with van der Waals surface area (Å²) in [6, 6.07) is 11.7. The van der Waals surface area contributed by atoms with E-state index >= 15 is 0 Å². The van der Waals surface area contributed by atoms with E-state index in [9.17, 15) is 9.59 Å². The summed E-state index contributed by atoms with van der Waals surface area (Å²) in [6.07, 6.45) is 0. The third-order valence-electron chi connectivity index (χ3n) is 2.60.